The minimum atomic E-state index is -1.53. The largest absolute Gasteiger partial charge is 0.510 e. The fourth-order valence-corrected chi connectivity index (χ4v) is 11.6. The van der Waals surface area contributed by atoms with E-state index in [4.69, 9.17) is 28.4 Å². The first-order valence-corrected chi connectivity index (χ1v) is 36.6. The van der Waals surface area contributed by atoms with Crippen molar-refractivity contribution in [1.29, 1.82) is 0 Å². The van der Waals surface area contributed by atoms with Crippen LogP contribution in [-0.2, 0) is 81.5 Å². The van der Waals surface area contributed by atoms with E-state index in [0.29, 0.717) is 73.2 Å². The Bertz CT molecular complexity index is 6200. The van der Waals surface area contributed by atoms with Crippen molar-refractivity contribution in [2.24, 2.45) is 35.5 Å². The van der Waals surface area contributed by atoms with Crippen LogP contribution in [0.1, 0.15) is 85.3 Å². The Kier molecular flexibility index (Phi) is 29.7. The van der Waals surface area contributed by atoms with Crippen LogP contribution in [0.25, 0.3) is 22.1 Å². The number of benzene rings is 8. The standard InChI is InChI=1S/C37H33N9O8.C24H22N4O8.C22H20N4O7/c1-20(47)32(34(49)39-23-11-13-25-28(17-23)43-36(51)41-25)38-19-22-7-3-5-9-30(22)53-15-16-54-31-10-6-4-8-27(31)45-46-33(21(2)48)35(50)40-24-12-14-26-29(18-24)44-37(52)42-26;1-34-18-7-5-4-6-13(18)11-17(29)21(22-25-19(30)12-20(31)26-22)28-27-16-10-14(23(32)35-2)8-9-15(16)24(33)36-3;1-11(27)19(20(29)23-14-6-4-12-9-18(28)24-16(12)10-14)26-25-17-8-13(21(30)32-2)5-7-15(17)22(31)33-3/h3-14,17-18,48H,15-16,19H2,1-2H3,(H,39,49)(H,40,50)(H2,41,43,51)(H2,42,44,52);4-10,27H,11-12H2,1-3H3,(H,25,26,30,31);4-8,10,19H,9H2,1-3H3,(H,23,29)(H,24,28)/b;28-21+;. The van der Waals surface area contributed by atoms with E-state index in [0.717, 1.165) is 12.5 Å². The number of hydrogen-bond donors (Lipinski definition) is 11. The first-order valence-electron chi connectivity index (χ1n) is 36.6. The number of rotatable bonds is 30. The van der Waals surface area contributed by atoms with Crippen molar-refractivity contribution in [3.63, 3.8) is 0 Å². The van der Waals surface area contributed by atoms with Crippen molar-refractivity contribution in [2.45, 2.75) is 52.6 Å². The SMILES string of the molecule is CC(=O)C(=NCc1ccccc1OCCOc1ccccc1N=NC(C(=O)Nc1ccc2[nH]c(=O)[nH]c2c1)=C(C)O)C(=O)Nc1ccc2[nH]c(=O)[nH]c2c1.COC(=O)c1ccc(C(=O)OC)c(N/N=C(\C(=O)Cc2ccccc2OC)C2=NC(=O)CC(=O)N2)c1.COC(=O)c1ccc(C(=O)OC)c(N=NC(C(C)=O)C(=O)Nc2ccc3c(c2)NC(=O)C3)c1. The number of Topliss-reactive ketones (excluding diaryl/α,β-unsaturated/α-hetero) is 3. The lowest BCUT2D eigenvalue weighted by atomic mass is 10.0. The third-order valence-electron chi connectivity index (χ3n) is 17.5. The number of carbonyl (C=O) groups is 13. The number of hydrogen-bond acceptors (Lipinski definition) is 30. The van der Waals surface area contributed by atoms with Crippen LogP contribution in [0.5, 0.6) is 17.2 Å². The molecule has 11 N–H and O–H groups in total. The highest BCUT2D eigenvalue weighted by Gasteiger charge is 2.30. The van der Waals surface area contributed by atoms with Gasteiger partial charge in [0.25, 0.3) is 23.6 Å². The molecule has 10 aromatic rings. The van der Waals surface area contributed by atoms with Gasteiger partial charge in [0.1, 0.15) is 54.0 Å². The van der Waals surface area contributed by atoms with E-state index in [9.17, 15) is 77.0 Å². The molecule has 2 aromatic heterocycles. The number of allylic oxidation sites excluding steroid dienone is 1. The number of nitrogens with one attached hydrogen (secondary N) is 10. The lowest BCUT2D eigenvalue weighted by Gasteiger charge is -2.15. The number of para-hydroxylation sites is 3. The van der Waals surface area contributed by atoms with Gasteiger partial charge in [-0.1, -0.05) is 54.6 Å². The number of amidine groups is 1. The number of fused-ring (bicyclic) bond motifs is 3. The molecule has 2 aliphatic heterocycles. The molecule has 0 saturated heterocycles. The Morgan fingerprint density at radius 2 is 1.07 bits per heavy atom. The smallest absolute Gasteiger partial charge is 0.340 e. The number of H-pyrrole nitrogens is 4. The number of hydrazone groups is 1. The molecule has 8 aromatic carbocycles. The van der Waals surface area contributed by atoms with Crippen molar-refractivity contribution in [3.05, 3.63) is 235 Å². The summed E-state index contributed by atoms with van der Waals surface area (Å²) in [5.41, 5.74) is 6.83. The number of imidazole rings is 2. The van der Waals surface area contributed by atoms with Gasteiger partial charge in [0.15, 0.2) is 40.3 Å². The minimum absolute atomic E-state index is 0.00130. The third kappa shape index (κ3) is 23.5. The van der Waals surface area contributed by atoms with Gasteiger partial charge in [0.05, 0.1) is 98.5 Å². The number of ether oxygens (including phenoxy) is 7. The summed E-state index contributed by atoms with van der Waals surface area (Å²) in [5, 5.41) is 43.0. The summed E-state index contributed by atoms with van der Waals surface area (Å²) < 4.78 is 35.9. The van der Waals surface area contributed by atoms with E-state index in [-0.39, 0.29) is 118 Å². The number of amides is 6. The number of aromatic nitrogens is 4. The number of aliphatic hydroxyl groups excluding tert-OH is 1. The van der Waals surface area contributed by atoms with Gasteiger partial charge in [0.2, 0.25) is 17.9 Å². The predicted octanol–water partition coefficient (Wildman–Crippen LogP) is 8.89. The summed E-state index contributed by atoms with van der Waals surface area (Å²) in [7, 11) is 6.17. The van der Waals surface area contributed by atoms with Crippen LogP contribution in [-0.4, -0.2) is 174 Å². The molecule has 40 nitrogen and oxygen atoms in total. The van der Waals surface area contributed by atoms with Crippen LogP contribution in [0.15, 0.2) is 220 Å². The number of nitrogens with zero attached hydrogens (tertiary/aromatic N) is 7. The van der Waals surface area contributed by atoms with Crippen LogP contribution in [0.3, 0.4) is 0 Å². The van der Waals surface area contributed by atoms with E-state index in [1.807, 2.05) is 0 Å². The molecule has 630 valence electrons. The second-order valence-electron chi connectivity index (χ2n) is 26.1. The maximum atomic E-state index is 13.3. The van der Waals surface area contributed by atoms with E-state index in [1.165, 1.54) is 85.8 Å². The highest BCUT2D eigenvalue weighted by Crippen LogP contribution is 2.32. The van der Waals surface area contributed by atoms with Crippen molar-refractivity contribution in [3.8, 4) is 17.2 Å². The molecule has 2 aliphatic rings. The molecular weight excluding hydrogens is 1600 g/mol. The second kappa shape index (κ2) is 41.3. The molecule has 0 spiro atoms. The Balaban J connectivity index is 0.000000202. The number of ketones is 3. The van der Waals surface area contributed by atoms with Gasteiger partial charge in [-0.05, 0) is 129 Å². The fraction of sp³-hybridized carbons (Fsp3) is 0.181. The molecule has 4 heterocycles. The molecule has 12 rings (SSSR count). The highest BCUT2D eigenvalue weighted by molar-refractivity contribution is 6.69. The zero-order valence-corrected chi connectivity index (χ0v) is 66.5. The second-order valence-corrected chi connectivity index (χ2v) is 26.1. The number of azo groups is 2. The molecule has 40 heteroatoms. The third-order valence-corrected chi connectivity index (χ3v) is 17.5. The van der Waals surface area contributed by atoms with Gasteiger partial charge in [0, 0.05) is 47.2 Å². The van der Waals surface area contributed by atoms with Crippen LogP contribution in [0.4, 0.5) is 39.8 Å². The van der Waals surface area contributed by atoms with Crippen LogP contribution < -0.4 is 57.6 Å². The zero-order valence-electron chi connectivity index (χ0n) is 66.5. The van der Waals surface area contributed by atoms with E-state index in [1.54, 1.807) is 127 Å². The van der Waals surface area contributed by atoms with E-state index >= 15 is 0 Å². The van der Waals surface area contributed by atoms with Crippen LogP contribution in [0.2, 0.25) is 0 Å². The summed E-state index contributed by atoms with van der Waals surface area (Å²) in [6.45, 7) is 3.85. The quantitative estimate of drug-likeness (QED) is 0.00230. The molecule has 1 atom stereocenters. The number of aromatic amines is 4. The molecule has 0 fully saturated rings. The predicted molar refractivity (Wildman–Crippen MR) is 443 cm³/mol. The van der Waals surface area contributed by atoms with Gasteiger partial charge in [-0.25, -0.2) is 28.8 Å². The Morgan fingerprint density at radius 3 is 1.67 bits per heavy atom. The molecule has 1 unspecified atom stereocenters. The zero-order chi connectivity index (χ0) is 88.6. The number of aliphatic imine (C=N–C) groups is 2. The molecule has 6 amide bonds. The fourth-order valence-electron chi connectivity index (χ4n) is 11.6. The van der Waals surface area contributed by atoms with Gasteiger partial charge in [-0.2, -0.15) is 20.3 Å². The van der Waals surface area contributed by atoms with Crippen molar-refractivity contribution >= 4 is 156 Å². The molecule has 0 radical (unpaired) electrons. The van der Waals surface area contributed by atoms with Gasteiger partial charge < -0.3 is 84.8 Å². The van der Waals surface area contributed by atoms with Gasteiger partial charge >= 0.3 is 35.3 Å². The van der Waals surface area contributed by atoms with E-state index < -0.39 is 83.2 Å². The summed E-state index contributed by atoms with van der Waals surface area (Å²) in [5.74, 6) is -7.84. The lowest BCUT2D eigenvalue weighted by Crippen LogP contribution is -2.44. The average Bonchev–Trinajstić information content (AvgIpc) is 1.62. The van der Waals surface area contributed by atoms with Crippen molar-refractivity contribution < 1.29 is 101 Å². The molecule has 123 heavy (non-hydrogen) atoms. The normalized spacial score (nSPS) is 12.7. The Morgan fingerprint density at radius 1 is 0.520 bits per heavy atom. The highest BCUT2D eigenvalue weighted by atomic mass is 16.5. The number of carbonyl (C=O) groups excluding carboxylic acids is 13. The molecule has 0 bridgehead atoms. The first kappa shape index (κ1) is 88.5. The maximum Gasteiger partial charge on any atom is 0.340 e. The number of esters is 4. The number of methoxy groups -OCH3 is 5. The Hall–Kier alpha value is -16.8. The average molecular weight is 1680 g/mol. The summed E-state index contributed by atoms with van der Waals surface area (Å²) in [6, 6.07) is 41.2. The maximum absolute atomic E-state index is 13.3. The van der Waals surface area contributed by atoms with Gasteiger partial charge in [-0.15, -0.1) is 10.2 Å². The van der Waals surface area contributed by atoms with Crippen LogP contribution in [0, 0.1) is 0 Å². The Labute approximate surface area is 694 Å². The van der Waals surface area contributed by atoms with Crippen LogP contribution >= 0.6 is 0 Å². The lowest BCUT2D eigenvalue weighted by molar-refractivity contribution is -0.128. The molecule has 0 aliphatic carbocycles. The van der Waals surface area contributed by atoms with E-state index in [2.05, 4.69) is 92.2 Å². The number of anilines is 5. The summed E-state index contributed by atoms with van der Waals surface area (Å²) >= 11 is 0. The topological polar surface area (TPSA) is 563 Å². The molecular formula is C83H75N17O23. The summed E-state index contributed by atoms with van der Waals surface area (Å²) in [4.78, 5) is 201. The first-order chi connectivity index (χ1) is 59.0. The monoisotopic (exact) mass is 1680 g/mol. The van der Waals surface area contributed by atoms with Crippen molar-refractivity contribution in [1.82, 2.24) is 25.3 Å². The summed E-state index contributed by atoms with van der Waals surface area (Å²) in [6.07, 6.45) is -0.431. The van der Waals surface area contributed by atoms with Crippen molar-refractivity contribution in [2.75, 3.05) is 75.5 Å². The molecule has 0 saturated carbocycles. The number of aliphatic hydroxyl groups is 1. The van der Waals surface area contributed by atoms with Gasteiger partial charge in [-0.3, -0.25) is 53.6 Å². The minimum Gasteiger partial charge on any atom is -0.510 e.